The number of nitrogens with one attached hydrogen (secondary N) is 1. The summed E-state index contributed by atoms with van der Waals surface area (Å²) in [6, 6.07) is 4.43. The second-order valence-corrected chi connectivity index (χ2v) is 2.46. The van der Waals surface area contributed by atoms with E-state index in [2.05, 4.69) is 10.3 Å². The van der Waals surface area contributed by atoms with Crippen LogP contribution in [0, 0.1) is 21.4 Å². The second kappa shape index (κ2) is 4.18. The Bertz CT molecular complexity index is 397. The Hall–Kier alpha value is -2.16. The van der Waals surface area contributed by atoms with Gasteiger partial charge in [0.15, 0.2) is 0 Å². The van der Waals surface area contributed by atoms with Gasteiger partial charge in [-0.3, -0.25) is 10.1 Å². The molecule has 0 radical (unpaired) electrons. The molecule has 6 heteroatoms. The van der Waals surface area contributed by atoms with Gasteiger partial charge in [0.05, 0.1) is 4.92 Å². The minimum absolute atomic E-state index is 0.173. The number of anilines is 1. The molecule has 1 aromatic rings. The highest BCUT2D eigenvalue weighted by molar-refractivity contribution is 5.50. The largest absolute Gasteiger partial charge is 0.370 e. The average molecular weight is 192 g/mol. The standard InChI is InChI=1S/C8H8N4O2/c1-2-10-8-4-3-7(12(13)14)6(5-9)11-8/h3-4H,2H2,1H3,(H,10,11). The number of nitrogens with zero attached hydrogens (tertiary/aromatic N) is 3. The minimum atomic E-state index is -0.624. The van der Waals surface area contributed by atoms with Crippen molar-refractivity contribution >= 4 is 11.5 Å². The van der Waals surface area contributed by atoms with Crippen LogP contribution in [0.1, 0.15) is 12.6 Å². The van der Waals surface area contributed by atoms with E-state index in [-0.39, 0.29) is 11.4 Å². The van der Waals surface area contributed by atoms with E-state index in [4.69, 9.17) is 5.26 Å². The van der Waals surface area contributed by atoms with Gasteiger partial charge >= 0.3 is 5.69 Å². The first kappa shape index (κ1) is 9.92. The quantitative estimate of drug-likeness (QED) is 0.575. The second-order valence-electron chi connectivity index (χ2n) is 2.46. The van der Waals surface area contributed by atoms with Gasteiger partial charge in [-0.1, -0.05) is 0 Å². The lowest BCUT2D eigenvalue weighted by atomic mass is 10.3. The Morgan fingerprint density at radius 3 is 2.93 bits per heavy atom. The maximum Gasteiger partial charge on any atom is 0.305 e. The molecule has 72 valence electrons. The van der Waals surface area contributed by atoms with E-state index >= 15 is 0 Å². The molecule has 0 unspecified atom stereocenters. The summed E-state index contributed by atoms with van der Waals surface area (Å²) < 4.78 is 0. The number of hydrogen-bond acceptors (Lipinski definition) is 5. The molecule has 0 aliphatic heterocycles. The number of nitriles is 1. The number of nitro groups is 1. The number of hydrogen-bond donors (Lipinski definition) is 1. The van der Waals surface area contributed by atoms with Crippen LogP contribution in [0.2, 0.25) is 0 Å². The molecule has 1 rings (SSSR count). The molecule has 0 fully saturated rings. The van der Waals surface area contributed by atoms with Crippen LogP contribution in [-0.2, 0) is 0 Å². The molecule has 0 saturated carbocycles. The van der Waals surface area contributed by atoms with Crippen molar-refractivity contribution in [2.24, 2.45) is 0 Å². The highest BCUT2D eigenvalue weighted by Crippen LogP contribution is 2.17. The van der Waals surface area contributed by atoms with Gasteiger partial charge < -0.3 is 5.32 Å². The normalized spacial score (nSPS) is 9.14. The Kier molecular flexibility index (Phi) is 2.97. The maximum absolute atomic E-state index is 10.4. The molecule has 0 aliphatic rings. The summed E-state index contributed by atoms with van der Waals surface area (Å²) in [5.74, 6) is 0.467. The van der Waals surface area contributed by atoms with E-state index in [1.165, 1.54) is 12.1 Å². The Morgan fingerprint density at radius 2 is 2.43 bits per heavy atom. The van der Waals surface area contributed by atoms with Gasteiger partial charge in [0, 0.05) is 12.6 Å². The Morgan fingerprint density at radius 1 is 1.71 bits per heavy atom. The third-order valence-corrected chi connectivity index (χ3v) is 1.53. The van der Waals surface area contributed by atoms with E-state index in [0.717, 1.165) is 0 Å². The van der Waals surface area contributed by atoms with Gasteiger partial charge in [0.2, 0.25) is 5.69 Å². The maximum atomic E-state index is 10.4. The first-order valence-corrected chi connectivity index (χ1v) is 3.98. The summed E-state index contributed by atoms with van der Waals surface area (Å²) in [5, 5.41) is 21.9. The molecule has 6 nitrogen and oxygen atoms in total. The molecule has 14 heavy (non-hydrogen) atoms. The summed E-state index contributed by atoms with van der Waals surface area (Å²) in [5.41, 5.74) is -0.442. The lowest BCUT2D eigenvalue weighted by Crippen LogP contribution is -2.02. The summed E-state index contributed by atoms with van der Waals surface area (Å²) in [6.45, 7) is 2.52. The molecule has 0 saturated heterocycles. The highest BCUT2D eigenvalue weighted by Gasteiger charge is 2.14. The molecule has 0 bridgehead atoms. The van der Waals surface area contributed by atoms with Crippen molar-refractivity contribution in [1.82, 2.24) is 4.98 Å². The van der Waals surface area contributed by atoms with E-state index in [1.807, 2.05) is 6.92 Å². The zero-order chi connectivity index (χ0) is 10.6. The van der Waals surface area contributed by atoms with E-state index in [0.29, 0.717) is 12.4 Å². The lowest BCUT2D eigenvalue weighted by molar-refractivity contribution is -0.385. The molecule has 0 spiro atoms. The molecule has 0 aliphatic carbocycles. The molecular formula is C8H8N4O2. The van der Waals surface area contributed by atoms with Gasteiger partial charge in [0.25, 0.3) is 0 Å². The zero-order valence-corrected chi connectivity index (χ0v) is 7.52. The number of rotatable bonds is 3. The van der Waals surface area contributed by atoms with Crippen LogP contribution >= 0.6 is 0 Å². The third kappa shape index (κ3) is 1.95. The van der Waals surface area contributed by atoms with Crippen molar-refractivity contribution in [3.05, 3.63) is 27.9 Å². The Balaban J connectivity index is 3.13. The summed E-state index contributed by atoms with van der Waals surface area (Å²) in [6.07, 6.45) is 0. The first-order chi connectivity index (χ1) is 6.69. The molecule has 1 heterocycles. The molecule has 0 aromatic carbocycles. The van der Waals surface area contributed by atoms with Crippen molar-refractivity contribution in [1.29, 1.82) is 5.26 Å². The van der Waals surface area contributed by atoms with Gasteiger partial charge in [-0.15, -0.1) is 0 Å². The van der Waals surface area contributed by atoms with Gasteiger partial charge in [-0.2, -0.15) is 5.26 Å². The molecular weight excluding hydrogens is 184 g/mol. The fraction of sp³-hybridized carbons (Fsp3) is 0.250. The number of pyridine rings is 1. The SMILES string of the molecule is CCNc1ccc([N+](=O)[O-])c(C#N)n1. The summed E-state index contributed by atoms with van der Waals surface area (Å²) >= 11 is 0. The van der Waals surface area contributed by atoms with E-state index in [9.17, 15) is 10.1 Å². The van der Waals surface area contributed by atoms with E-state index < -0.39 is 4.92 Å². The van der Waals surface area contributed by atoms with Crippen LogP contribution in [0.3, 0.4) is 0 Å². The van der Waals surface area contributed by atoms with Crippen LogP contribution < -0.4 is 5.32 Å². The first-order valence-electron chi connectivity index (χ1n) is 3.98. The van der Waals surface area contributed by atoms with Crippen LogP contribution in [0.15, 0.2) is 12.1 Å². The van der Waals surface area contributed by atoms with Crippen molar-refractivity contribution in [2.75, 3.05) is 11.9 Å². The third-order valence-electron chi connectivity index (χ3n) is 1.53. The molecule has 0 amide bonds. The van der Waals surface area contributed by atoms with Crippen molar-refractivity contribution in [2.45, 2.75) is 6.92 Å². The predicted molar refractivity (Wildman–Crippen MR) is 49.8 cm³/mol. The van der Waals surface area contributed by atoms with Crippen LogP contribution in [0.25, 0.3) is 0 Å². The topological polar surface area (TPSA) is 91.9 Å². The smallest absolute Gasteiger partial charge is 0.305 e. The van der Waals surface area contributed by atoms with Crippen molar-refractivity contribution in [3.8, 4) is 6.07 Å². The zero-order valence-electron chi connectivity index (χ0n) is 7.52. The monoisotopic (exact) mass is 192 g/mol. The van der Waals surface area contributed by atoms with Crippen molar-refractivity contribution < 1.29 is 4.92 Å². The Labute approximate surface area is 80.3 Å². The fourth-order valence-corrected chi connectivity index (χ4v) is 0.961. The van der Waals surface area contributed by atoms with Crippen LogP contribution in [0.5, 0.6) is 0 Å². The van der Waals surface area contributed by atoms with Gasteiger partial charge in [-0.25, -0.2) is 4.98 Å². The minimum Gasteiger partial charge on any atom is -0.370 e. The van der Waals surface area contributed by atoms with Gasteiger partial charge in [-0.05, 0) is 13.0 Å². The number of aromatic nitrogens is 1. The molecule has 0 atom stereocenters. The molecule has 1 aromatic heterocycles. The average Bonchev–Trinajstić information content (AvgIpc) is 2.17. The highest BCUT2D eigenvalue weighted by atomic mass is 16.6. The lowest BCUT2D eigenvalue weighted by Gasteiger charge is -2.01. The predicted octanol–water partition coefficient (Wildman–Crippen LogP) is 1.29. The van der Waals surface area contributed by atoms with Crippen LogP contribution in [0.4, 0.5) is 11.5 Å². The van der Waals surface area contributed by atoms with Crippen molar-refractivity contribution in [3.63, 3.8) is 0 Å². The van der Waals surface area contributed by atoms with E-state index in [1.54, 1.807) is 6.07 Å². The summed E-state index contributed by atoms with van der Waals surface area (Å²) in [7, 11) is 0. The van der Waals surface area contributed by atoms with Crippen LogP contribution in [-0.4, -0.2) is 16.5 Å². The fourth-order valence-electron chi connectivity index (χ4n) is 0.961. The summed E-state index contributed by atoms with van der Waals surface area (Å²) in [4.78, 5) is 13.6. The van der Waals surface area contributed by atoms with Gasteiger partial charge in [0.1, 0.15) is 11.9 Å². The molecule has 1 N–H and O–H groups in total.